The highest BCUT2D eigenvalue weighted by molar-refractivity contribution is 7.99. The third kappa shape index (κ3) is 3.66. The average Bonchev–Trinajstić information content (AvgIpc) is 2.82. The number of ether oxygens (including phenoxy) is 1. The van der Waals surface area contributed by atoms with Crippen LogP contribution in [0.3, 0.4) is 0 Å². The summed E-state index contributed by atoms with van der Waals surface area (Å²) in [6, 6.07) is 2.99. The highest BCUT2D eigenvalue weighted by Gasteiger charge is 2.43. The molecule has 6 nitrogen and oxygen atoms in total. The van der Waals surface area contributed by atoms with Crippen LogP contribution < -0.4 is 5.73 Å². The number of nitrogens with two attached hydrogens (primary N) is 1. The fraction of sp³-hybridized carbons (Fsp3) is 0.500. The number of carbonyl (C=O) groups is 2. The number of nitrogens with zero attached hydrogens (tertiary/aromatic N) is 2. The molecule has 0 aliphatic carbocycles. The molecule has 0 aromatic carbocycles. The van der Waals surface area contributed by atoms with Crippen molar-refractivity contribution in [2.75, 3.05) is 5.75 Å². The summed E-state index contributed by atoms with van der Waals surface area (Å²) in [4.78, 5) is 29.5. The maximum atomic E-state index is 12.4. The van der Waals surface area contributed by atoms with Crippen molar-refractivity contribution < 1.29 is 14.3 Å². The van der Waals surface area contributed by atoms with Crippen LogP contribution in [0.25, 0.3) is 0 Å². The smallest absolute Gasteiger partial charge is 0.412 e. The van der Waals surface area contributed by atoms with Gasteiger partial charge in [0.05, 0.1) is 0 Å². The number of aromatic nitrogens is 1. The number of primary amides is 1. The Kier molecular flexibility index (Phi) is 4.41. The lowest BCUT2D eigenvalue weighted by Crippen LogP contribution is -2.47. The molecule has 2 amide bonds. The topological polar surface area (TPSA) is 85.5 Å². The molecule has 7 heteroatoms. The number of hydrogen-bond acceptors (Lipinski definition) is 5. The molecule has 0 spiro atoms. The van der Waals surface area contributed by atoms with Crippen molar-refractivity contribution in [1.82, 2.24) is 9.88 Å². The average molecular weight is 309 g/mol. The summed E-state index contributed by atoms with van der Waals surface area (Å²) < 4.78 is 5.40. The monoisotopic (exact) mass is 309 g/mol. The molecule has 21 heavy (non-hydrogen) atoms. The molecule has 1 aromatic rings. The lowest BCUT2D eigenvalue weighted by molar-refractivity contribution is -0.122. The lowest BCUT2D eigenvalue weighted by Gasteiger charge is -2.30. The van der Waals surface area contributed by atoms with E-state index in [9.17, 15) is 9.59 Å². The number of thioether (sulfide) groups is 1. The molecule has 2 N–H and O–H groups in total. The van der Waals surface area contributed by atoms with E-state index in [1.54, 1.807) is 39.2 Å². The summed E-state index contributed by atoms with van der Waals surface area (Å²) in [7, 11) is 0. The summed E-state index contributed by atoms with van der Waals surface area (Å²) in [6.07, 6.45) is 2.80. The van der Waals surface area contributed by atoms with Gasteiger partial charge in [0.1, 0.15) is 17.0 Å². The van der Waals surface area contributed by atoms with Crippen molar-refractivity contribution in [2.24, 2.45) is 5.73 Å². The number of carbonyl (C=O) groups excluding carboxylic acids is 2. The van der Waals surface area contributed by atoms with Gasteiger partial charge in [-0.1, -0.05) is 6.07 Å². The minimum Gasteiger partial charge on any atom is -0.444 e. The molecule has 2 heterocycles. The van der Waals surface area contributed by atoms with Gasteiger partial charge in [-0.2, -0.15) is 0 Å². The number of rotatable bonds is 2. The molecular formula is C14H19N3O3S. The second-order valence-corrected chi connectivity index (χ2v) is 6.89. The van der Waals surface area contributed by atoms with E-state index < -0.39 is 23.6 Å². The minimum atomic E-state index is -0.671. The van der Waals surface area contributed by atoms with E-state index >= 15 is 0 Å². The molecule has 0 bridgehead atoms. The first kappa shape index (κ1) is 15.6. The van der Waals surface area contributed by atoms with Crippen molar-refractivity contribution >= 4 is 23.8 Å². The quantitative estimate of drug-likeness (QED) is 0.902. The molecule has 114 valence electrons. The van der Waals surface area contributed by atoms with E-state index in [4.69, 9.17) is 10.5 Å². The first-order valence-corrected chi connectivity index (χ1v) is 7.66. The zero-order chi connectivity index (χ0) is 15.6. The zero-order valence-electron chi connectivity index (χ0n) is 12.3. The zero-order valence-corrected chi connectivity index (χ0v) is 13.1. The van der Waals surface area contributed by atoms with Crippen LogP contribution in [0.4, 0.5) is 4.79 Å². The van der Waals surface area contributed by atoms with Crippen LogP contribution >= 0.6 is 11.8 Å². The van der Waals surface area contributed by atoms with E-state index in [-0.39, 0.29) is 5.37 Å². The standard InChI is InChI=1S/C14H19N3O3S/c1-14(2,3)20-13(19)17-10(11(15)18)8-21-12(17)9-5-4-6-16-7-9/h4-7,10,12H,8H2,1-3H3,(H2,15,18). The van der Waals surface area contributed by atoms with Crippen LogP contribution in [-0.2, 0) is 9.53 Å². The maximum Gasteiger partial charge on any atom is 0.412 e. The highest BCUT2D eigenvalue weighted by Crippen LogP contribution is 2.41. The van der Waals surface area contributed by atoms with Crippen LogP contribution in [0.15, 0.2) is 24.5 Å². The molecule has 0 radical (unpaired) electrons. The van der Waals surface area contributed by atoms with Crippen molar-refractivity contribution in [1.29, 1.82) is 0 Å². The Labute approximate surface area is 128 Å². The Morgan fingerprint density at radius 2 is 2.19 bits per heavy atom. The molecule has 2 atom stereocenters. The molecule has 2 rings (SSSR count). The molecule has 1 saturated heterocycles. The van der Waals surface area contributed by atoms with Gasteiger partial charge in [-0.25, -0.2) is 4.79 Å². The maximum absolute atomic E-state index is 12.4. The Morgan fingerprint density at radius 1 is 1.48 bits per heavy atom. The van der Waals surface area contributed by atoms with Crippen LogP contribution in [0.5, 0.6) is 0 Å². The molecule has 2 unspecified atom stereocenters. The summed E-state index contributed by atoms with van der Waals surface area (Å²) in [6.45, 7) is 5.35. The second kappa shape index (κ2) is 5.93. The van der Waals surface area contributed by atoms with Crippen LogP contribution in [-0.4, -0.2) is 39.3 Å². The SMILES string of the molecule is CC(C)(C)OC(=O)N1C(C(N)=O)CSC1c1cccnc1. The lowest BCUT2D eigenvalue weighted by atomic mass is 10.2. The first-order chi connectivity index (χ1) is 9.79. The molecule has 0 saturated carbocycles. The van der Waals surface area contributed by atoms with E-state index in [2.05, 4.69) is 4.98 Å². The summed E-state index contributed by atoms with van der Waals surface area (Å²) in [5.74, 6) is -0.0755. The fourth-order valence-electron chi connectivity index (χ4n) is 2.04. The summed E-state index contributed by atoms with van der Waals surface area (Å²) in [5.41, 5.74) is 5.62. The Hall–Kier alpha value is -1.76. The second-order valence-electron chi connectivity index (χ2n) is 5.78. The molecule has 1 aliphatic heterocycles. The third-order valence-electron chi connectivity index (χ3n) is 2.90. The van der Waals surface area contributed by atoms with Gasteiger partial charge in [0.15, 0.2) is 0 Å². The fourth-order valence-corrected chi connectivity index (χ4v) is 3.46. The van der Waals surface area contributed by atoms with Crippen LogP contribution in [0, 0.1) is 0 Å². The van der Waals surface area contributed by atoms with Gasteiger partial charge in [0.2, 0.25) is 5.91 Å². The van der Waals surface area contributed by atoms with E-state index in [0.717, 1.165) is 5.56 Å². The van der Waals surface area contributed by atoms with Crippen molar-refractivity contribution in [3.63, 3.8) is 0 Å². The summed E-state index contributed by atoms with van der Waals surface area (Å²) >= 11 is 1.48. The van der Waals surface area contributed by atoms with Crippen molar-refractivity contribution in [3.8, 4) is 0 Å². The van der Waals surface area contributed by atoms with Gasteiger partial charge in [0.25, 0.3) is 0 Å². The van der Waals surface area contributed by atoms with Gasteiger partial charge in [-0.3, -0.25) is 14.7 Å². The predicted molar refractivity (Wildman–Crippen MR) is 80.5 cm³/mol. The van der Waals surface area contributed by atoms with Crippen LogP contribution in [0.2, 0.25) is 0 Å². The van der Waals surface area contributed by atoms with Gasteiger partial charge >= 0.3 is 6.09 Å². The van der Waals surface area contributed by atoms with E-state index in [1.807, 2.05) is 6.07 Å². The summed E-state index contributed by atoms with van der Waals surface area (Å²) in [5, 5.41) is -0.314. The number of hydrogen-bond donors (Lipinski definition) is 1. The molecule has 1 fully saturated rings. The van der Waals surface area contributed by atoms with Gasteiger partial charge in [0, 0.05) is 23.7 Å². The van der Waals surface area contributed by atoms with Crippen molar-refractivity contribution in [2.45, 2.75) is 37.8 Å². The van der Waals surface area contributed by atoms with E-state index in [0.29, 0.717) is 5.75 Å². The number of pyridine rings is 1. The third-order valence-corrected chi connectivity index (χ3v) is 4.23. The first-order valence-electron chi connectivity index (χ1n) is 6.62. The Balaban J connectivity index is 2.29. The van der Waals surface area contributed by atoms with Crippen molar-refractivity contribution in [3.05, 3.63) is 30.1 Å². The Bertz CT molecular complexity index is 530. The van der Waals surface area contributed by atoms with E-state index in [1.165, 1.54) is 16.7 Å². The molecule has 1 aromatic heterocycles. The Morgan fingerprint density at radius 3 is 2.71 bits per heavy atom. The van der Waals surface area contributed by atoms with Crippen LogP contribution in [0.1, 0.15) is 31.7 Å². The largest absolute Gasteiger partial charge is 0.444 e. The van der Waals surface area contributed by atoms with Gasteiger partial charge < -0.3 is 10.5 Å². The van der Waals surface area contributed by atoms with Gasteiger partial charge in [-0.15, -0.1) is 11.8 Å². The molecular weight excluding hydrogens is 290 g/mol. The minimum absolute atomic E-state index is 0.314. The number of amides is 2. The highest BCUT2D eigenvalue weighted by atomic mass is 32.2. The molecule has 1 aliphatic rings. The predicted octanol–water partition coefficient (Wildman–Crippen LogP) is 1.92. The normalized spacial score (nSPS) is 22.1. The van der Waals surface area contributed by atoms with Gasteiger partial charge in [-0.05, 0) is 26.8 Å².